The Morgan fingerprint density at radius 1 is 1.28 bits per heavy atom. The van der Waals surface area contributed by atoms with E-state index in [1.54, 1.807) is 15.9 Å². The summed E-state index contributed by atoms with van der Waals surface area (Å²) in [7, 11) is 0. The lowest BCUT2D eigenvalue weighted by Crippen LogP contribution is -2.13. The molecule has 0 unspecified atom stereocenters. The van der Waals surface area contributed by atoms with Crippen LogP contribution in [0.2, 0.25) is 0 Å². The van der Waals surface area contributed by atoms with E-state index in [1.165, 1.54) is 47.8 Å². The number of hydrogen-bond acceptors (Lipinski definition) is 7. The molecule has 0 amide bonds. The van der Waals surface area contributed by atoms with E-state index in [2.05, 4.69) is 22.4 Å². The molecule has 0 radical (unpaired) electrons. The van der Waals surface area contributed by atoms with Crippen molar-refractivity contribution in [2.45, 2.75) is 45.4 Å². The van der Waals surface area contributed by atoms with Crippen molar-refractivity contribution in [2.75, 3.05) is 5.43 Å². The average molecular weight is 353 g/mol. The van der Waals surface area contributed by atoms with E-state index in [-0.39, 0.29) is 0 Å². The summed E-state index contributed by atoms with van der Waals surface area (Å²) in [5, 5.41) is 5.42. The largest absolute Gasteiger partial charge is 0.292 e. The number of anilines is 1. The number of rotatable bonds is 4. The molecule has 4 aromatic heterocycles. The number of nitrogens with zero attached hydrogens (tertiary/aromatic N) is 5. The summed E-state index contributed by atoms with van der Waals surface area (Å²) in [6, 6.07) is 0. The third kappa shape index (κ3) is 2.07. The molecular formula is C17H19N7S. The monoisotopic (exact) mass is 353 g/mol. The Morgan fingerprint density at radius 3 is 3.00 bits per heavy atom. The first-order valence-electron chi connectivity index (χ1n) is 8.75. The fourth-order valence-electron chi connectivity index (χ4n) is 3.90. The zero-order valence-corrected chi connectivity index (χ0v) is 14.9. The van der Waals surface area contributed by atoms with Gasteiger partial charge in [-0.05, 0) is 43.2 Å². The fraction of sp³-hybridized carbons (Fsp3) is 0.412. The van der Waals surface area contributed by atoms with Crippen molar-refractivity contribution in [2.24, 2.45) is 5.84 Å². The Bertz CT molecular complexity index is 1110. The maximum Gasteiger partial charge on any atom is 0.241 e. The van der Waals surface area contributed by atoms with Crippen molar-refractivity contribution in [3.63, 3.8) is 0 Å². The molecule has 0 saturated carbocycles. The standard InChI is InChI=1S/C17H19N7S/c1-2-3-7-11-9-5-4-6-10(9)12-13-14(25-16(12)21-11)15-19-8-20-24(15)17(22-13)23-18/h8H,2-7,18H2,1H3,(H,22,23). The summed E-state index contributed by atoms with van der Waals surface area (Å²) in [5.74, 6) is 6.16. The third-order valence-electron chi connectivity index (χ3n) is 5.03. The van der Waals surface area contributed by atoms with Gasteiger partial charge in [0.05, 0.1) is 5.52 Å². The second-order valence-corrected chi connectivity index (χ2v) is 7.51. The Hall–Kier alpha value is -2.32. The molecule has 7 nitrogen and oxygen atoms in total. The molecule has 0 saturated heterocycles. The normalized spacial score (nSPS) is 14.0. The number of fused-ring (bicyclic) bond motifs is 7. The van der Waals surface area contributed by atoms with Crippen LogP contribution >= 0.6 is 11.3 Å². The first-order chi connectivity index (χ1) is 12.3. The smallest absolute Gasteiger partial charge is 0.241 e. The van der Waals surface area contributed by atoms with Gasteiger partial charge in [0.25, 0.3) is 0 Å². The third-order valence-corrected chi connectivity index (χ3v) is 6.10. The summed E-state index contributed by atoms with van der Waals surface area (Å²) in [6.07, 6.45) is 8.40. The highest BCUT2D eigenvalue weighted by Crippen LogP contribution is 2.41. The Balaban J connectivity index is 1.89. The fourth-order valence-corrected chi connectivity index (χ4v) is 5.04. The quantitative estimate of drug-likeness (QED) is 0.433. The number of aryl methyl sites for hydroxylation is 2. The molecule has 0 atom stereocenters. The molecule has 4 heterocycles. The van der Waals surface area contributed by atoms with E-state index >= 15 is 0 Å². The van der Waals surface area contributed by atoms with Crippen molar-refractivity contribution in [3.05, 3.63) is 23.1 Å². The van der Waals surface area contributed by atoms with Crippen LogP contribution in [-0.4, -0.2) is 24.6 Å². The van der Waals surface area contributed by atoms with E-state index in [1.807, 2.05) is 0 Å². The average Bonchev–Trinajstić information content (AvgIpc) is 3.34. The maximum absolute atomic E-state index is 5.66. The first-order valence-corrected chi connectivity index (χ1v) is 9.56. The number of unbranched alkanes of at least 4 members (excludes halogenated alkanes) is 1. The molecule has 0 spiro atoms. The topological polar surface area (TPSA) is 94.0 Å². The summed E-state index contributed by atoms with van der Waals surface area (Å²) >= 11 is 1.66. The molecule has 5 rings (SSSR count). The van der Waals surface area contributed by atoms with Crippen LogP contribution in [0.15, 0.2) is 6.33 Å². The number of thiophene rings is 1. The number of aromatic nitrogens is 5. The summed E-state index contributed by atoms with van der Waals surface area (Å²) in [6.45, 7) is 2.23. The summed E-state index contributed by atoms with van der Waals surface area (Å²) in [5.41, 5.74) is 8.53. The number of nitrogen functional groups attached to an aromatic ring is 1. The van der Waals surface area contributed by atoms with Crippen LogP contribution in [0, 0.1) is 0 Å². The lowest BCUT2D eigenvalue weighted by Gasteiger charge is -2.09. The van der Waals surface area contributed by atoms with Crippen LogP contribution in [0.5, 0.6) is 0 Å². The molecule has 128 valence electrons. The predicted octanol–water partition coefficient (Wildman–Crippen LogP) is 3.00. The molecule has 0 aliphatic heterocycles. The number of hydrazine groups is 1. The first kappa shape index (κ1) is 15.0. The molecule has 1 aliphatic carbocycles. The molecule has 8 heteroatoms. The second kappa shape index (κ2) is 5.60. The zero-order valence-electron chi connectivity index (χ0n) is 14.0. The second-order valence-electron chi connectivity index (χ2n) is 6.51. The molecule has 3 N–H and O–H groups in total. The van der Waals surface area contributed by atoms with Gasteiger partial charge in [0.1, 0.15) is 15.9 Å². The highest BCUT2D eigenvalue weighted by atomic mass is 32.1. The molecule has 25 heavy (non-hydrogen) atoms. The molecule has 0 fully saturated rings. The van der Waals surface area contributed by atoms with Crippen LogP contribution in [0.4, 0.5) is 5.95 Å². The summed E-state index contributed by atoms with van der Waals surface area (Å²) in [4.78, 5) is 15.3. The number of nitrogens with one attached hydrogen (secondary N) is 1. The van der Waals surface area contributed by atoms with E-state index in [0.29, 0.717) is 5.95 Å². The molecular weight excluding hydrogens is 334 g/mol. The predicted molar refractivity (Wildman–Crippen MR) is 99.9 cm³/mol. The summed E-state index contributed by atoms with van der Waals surface area (Å²) < 4.78 is 2.68. The van der Waals surface area contributed by atoms with E-state index in [4.69, 9.17) is 15.8 Å². The minimum absolute atomic E-state index is 0.501. The van der Waals surface area contributed by atoms with Gasteiger partial charge >= 0.3 is 0 Å². The van der Waals surface area contributed by atoms with Crippen molar-refractivity contribution in [1.29, 1.82) is 0 Å². The Kier molecular flexibility index (Phi) is 3.36. The Labute approximate surface area is 148 Å². The molecule has 0 aromatic carbocycles. The number of hydrogen-bond donors (Lipinski definition) is 2. The van der Waals surface area contributed by atoms with Crippen molar-refractivity contribution in [3.8, 4) is 0 Å². The van der Waals surface area contributed by atoms with Crippen LogP contribution in [0.25, 0.3) is 26.1 Å². The van der Waals surface area contributed by atoms with E-state index in [0.717, 1.165) is 40.0 Å². The molecule has 4 aromatic rings. The SMILES string of the molecule is CCCCc1nc2sc3c(nc(NN)n4ncnc34)c2c2c1CCC2. The van der Waals surface area contributed by atoms with Gasteiger partial charge in [-0.1, -0.05) is 13.3 Å². The van der Waals surface area contributed by atoms with Gasteiger partial charge in [-0.25, -0.2) is 20.8 Å². The van der Waals surface area contributed by atoms with Gasteiger partial charge in [0, 0.05) is 11.1 Å². The Morgan fingerprint density at radius 2 is 2.16 bits per heavy atom. The van der Waals surface area contributed by atoms with E-state index < -0.39 is 0 Å². The number of nitrogens with two attached hydrogens (primary N) is 1. The van der Waals surface area contributed by atoms with Gasteiger partial charge in [-0.15, -0.1) is 11.3 Å². The highest BCUT2D eigenvalue weighted by molar-refractivity contribution is 7.26. The van der Waals surface area contributed by atoms with Gasteiger partial charge < -0.3 is 0 Å². The van der Waals surface area contributed by atoms with Gasteiger partial charge in [-0.3, -0.25) is 5.43 Å². The maximum atomic E-state index is 5.66. The van der Waals surface area contributed by atoms with Crippen molar-refractivity contribution >= 4 is 43.4 Å². The minimum Gasteiger partial charge on any atom is -0.292 e. The van der Waals surface area contributed by atoms with Crippen LogP contribution < -0.4 is 11.3 Å². The van der Waals surface area contributed by atoms with Crippen LogP contribution in [0.3, 0.4) is 0 Å². The van der Waals surface area contributed by atoms with Crippen molar-refractivity contribution in [1.82, 2.24) is 24.6 Å². The lowest BCUT2D eigenvalue weighted by molar-refractivity contribution is 0.770. The van der Waals surface area contributed by atoms with Gasteiger partial charge in [0.15, 0.2) is 5.65 Å². The zero-order chi connectivity index (χ0) is 17.0. The molecule has 0 bridgehead atoms. The minimum atomic E-state index is 0.501. The lowest BCUT2D eigenvalue weighted by atomic mass is 10.0. The van der Waals surface area contributed by atoms with Crippen molar-refractivity contribution < 1.29 is 0 Å². The molecule has 1 aliphatic rings. The number of pyridine rings is 1. The van der Waals surface area contributed by atoms with Gasteiger partial charge in [-0.2, -0.15) is 9.61 Å². The highest BCUT2D eigenvalue weighted by Gasteiger charge is 2.24. The van der Waals surface area contributed by atoms with Gasteiger partial charge in [0.2, 0.25) is 5.95 Å². The van der Waals surface area contributed by atoms with Crippen LogP contribution in [-0.2, 0) is 19.3 Å². The van der Waals surface area contributed by atoms with E-state index in [9.17, 15) is 0 Å². The van der Waals surface area contributed by atoms with Crippen LogP contribution in [0.1, 0.15) is 43.0 Å².